The molecule has 5 fully saturated rings. The van der Waals surface area contributed by atoms with Crippen LogP contribution in [-0.4, -0.2) is 44.4 Å². The SMILES string of the molecule is C=C(C)[C@@H]1CC[C@@]2(C(=O)O)CC[C@@]3(C(=O)O)[C@@H](CC[C@H]4[C@]5(C)CC[C@H](O)[C@@](C)(C(=O)O)[C@@H]5CC[C@@]43C)[C@H]12. The molecule has 11 atom stereocenters. The van der Waals surface area contributed by atoms with Crippen molar-refractivity contribution < 1.29 is 34.8 Å². The van der Waals surface area contributed by atoms with Gasteiger partial charge in [0, 0.05) is 0 Å². The molecule has 7 nitrogen and oxygen atoms in total. The van der Waals surface area contributed by atoms with Crippen LogP contribution in [0.3, 0.4) is 0 Å². The maximum atomic E-state index is 13.6. The summed E-state index contributed by atoms with van der Waals surface area (Å²) >= 11 is 0. The van der Waals surface area contributed by atoms with E-state index in [-0.39, 0.29) is 29.6 Å². The van der Waals surface area contributed by atoms with Crippen LogP contribution in [0.15, 0.2) is 12.2 Å². The van der Waals surface area contributed by atoms with E-state index < -0.39 is 51.1 Å². The third kappa shape index (κ3) is 2.95. The van der Waals surface area contributed by atoms with Gasteiger partial charge in [-0.25, -0.2) is 0 Å². The van der Waals surface area contributed by atoms with E-state index in [9.17, 15) is 34.8 Å². The van der Waals surface area contributed by atoms with Gasteiger partial charge in [0.15, 0.2) is 0 Å². The van der Waals surface area contributed by atoms with Crippen LogP contribution in [0.1, 0.15) is 91.9 Å². The van der Waals surface area contributed by atoms with E-state index in [1.807, 2.05) is 6.92 Å². The van der Waals surface area contributed by atoms with E-state index in [0.717, 1.165) is 18.4 Å². The molecule has 0 spiro atoms. The lowest BCUT2D eigenvalue weighted by molar-refractivity contribution is -0.257. The van der Waals surface area contributed by atoms with Gasteiger partial charge in [0.2, 0.25) is 0 Å². The van der Waals surface area contributed by atoms with E-state index in [2.05, 4.69) is 20.4 Å². The van der Waals surface area contributed by atoms with Crippen LogP contribution in [0.5, 0.6) is 0 Å². The highest BCUT2D eigenvalue weighted by atomic mass is 16.4. The first-order valence-corrected chi connectivity index (χ1v) is 14.2. The van der Waals surface area contributed by atoms with Crippen molar-refractivity contribution in [2.45, 2.75) is 98.0 Å². The molecule has 0 aliphatic heterocycles. The Kier molecular flexibility index (Phi) is 5.82. The minimum absolute atomic E-state index is 0.000663. The van der Waals surface area contributed by atoms with Crippen molar-refractivity contribution in [3.8, 4) is 0 Å². The van der Waals surface area contributed by atoms with E-state index in [0.29, 0.717) is 51.4 Å². The highest BCUT2D eigenvalue weighted by molar-refractivity contribution is 5.81. The minimum atomic E-state index is -1.26. The normalized spacial score (nSPS) is 52.7. The highest BCUT2D eigenvalue weighted by Crippen LogP contribution is 2.77. The van der Waals surface area contributed by atoms with Crippen molar-refractivity contribution in [3.63, 3.8) is 0 Å². The molecule has 7 heteroatoms. The Labute approximate surface area is 219 Å². The van der Waals surface area contributed by atoms with Crippen molar-refractivity contribution in [3.05, 3.63) is 12.2 Å². The van der Waals surface area contributed by atoms with Crippen LogP contribution in [0.4, 0.5) is 0 Å². The summed E-state index contributed by atoms with van der Waals surface area (Å²) in [4.78, 5) is 38.9. The van der Waals surface area contributed by atoms with Gasteiger partial charge in [-0.1, -0.05) is 26.0 Å². The number of aliphatic hydroxyl groups excluding tert-OH is 1. The molecule has 0 aromatic rings. The lowest BCUT2D eigenvalue weighted by Crippen LogP contribution is -2.70. The summed E-state index contributed by atoms with van der Waals surface area (Å²) in [6, 6.07) is 0. The number of carboxylic acid groups (broad SMARTS) is 3. The molecule has 206 valence electrons. The van der Waals surface area contributed by atoms with E-state index in [4.69, 9.17) is 0 Å². The van der Waals surface area contributed by atoms with Crippen molar-refractivity contribution in [2.24, 2.45) is 56.7 Å². The smallest absolute Gasteiger partial charge is 0.312 e. The average molecular weight is 517 g/mol. The number of carbonyl (C=O) groups is 3. The zero-order chi connectivity index (χ0) is 27.3. The summed E-state index contributed by atoms with van der Waals surface area (Å²) < 4.78 is 0. The molecular formula is C30H44O7. The fourth-order valence-electron chi connectivity index (χ4n) is 11.6. The summed E-state index contributed by atoms with van der Waals surface area (Å²) in [5, 5.41) is 42.7. The quantitative estimate of drug-likeness (QED) is 0.377. The number of fused-ring (bicyclic) bond motifs is 7. The lowest BCUT2D eigenvalue weighted by Gasteiger charge is -2.71. The fraction of sp³-hybridized carbons (Fsp3) is 0.833. The Bertz CT molecular complexity index is 1050. The molecule has 0 aromatic carbocycles. The standard InChI is InChI=1S/C30H44O7/c1-16(2)17-8-13-29(24(34)35)14-15-30(25(36)37)18(22(17)29)6-7-19-26(3)11-10-21(31)28(5,23(32)33)20(26)9-12-27(19,30)4/h17-22,31H,1,6-15H2,2-5H3,(H,32,33)(H,34,35)(H,36,37)/t17-,18-,19-,20+,21-,22-,26-,27-,28-,29+,30-/m0/s1. The van der Waals surface area contributed by atoms with Gasteiger partial charge in [-0.2, -0.15) is 0 Å². The summed E-state index contributed by atoms with van der Waals surface area (Å²) in [5.41, 5.74) is -3.24. The molecule has 0 amide bonds. The lowest BCUT2D eigenvalue weighted by atomic mass is 9.31. The summed E-state index contributed by atoms with van der Waals surface area (Å²) in [7, 11) is 0. The van der Waals surface area contributed by atoms with Gasteiger partial charge < -0.3 is 20.4 Å². The predicted molar refractivity (Wildman–Crippen MR) is 137 cm³/mol. The Morgan fingerprint density at radius 1 is 0.757 bits per heavy atom. The molecule has 0 radical (unpaired) electrons. The van der Waals surface area contributed by atoms with Crippen LogP contribution < -0.4 is 0 Å². The monoisotopic (exact) mass is 516 g/mol. The van der Waals surface area contributed by atoms with Crippen LogP contribution in [-0.2, 0) is 14.4 Å². The van der Waals surface area contributed by atoms with Crippen molar-refractivity contribution in [1.29, 1.82) is 0 Å². The highest BCUT2D eigenvalue weighted by Gasteiger charge is 2.76. The summed E-state index contributed by atoms with van der Waals surface area (Å²) in [5.74, 6) is -3.30. The zero-order valence-electron chi connectivity index (χ0n) is 22.8. The molecule has 0 bridgehead atoms. The number of aliphatic hydroxyl groups is 1. The van der Waals surface area contributed by atoms with Gasteiger partial charge in [-0.3, -0.25) is 14.4 Å². The molecule has 0 aromatic heterocycles. The second-order valence-electron chi connectivity index (χ2n) is 14.1. The first-order chi connectivity index (χ1) is 17.1. The number of allylic oxidation sites excluding steroid dienone is 1. The number of rotatable bonds is 4. The Morgan fingerprint density at radius 2 is 1.43 bits per heavy atom. The van der Waals surface area contributed by atoms with Crippen LogP contribution in [0.2, 0.25) is 0 Å². The third-order valence-corrected chi connectivity index (χ3v) is 13.4. The summed E-state index contributed by atoms with van der Waals surface area (Å²) in [6.45, 7) is 12.1. The zero-order valence-corrected chi connectivity index (χ0v) is 22.8. The Morgan fingerprint density at radius 3 is 2.00 bits per heavy atom. The molecule has 5 aliphatic carbocycles. The molecule has 5 saturated carbocycles. The van der Waals surface area contributed by atoms with Crippen LogP contribution in [0.25, 0.3) is 0 Å². The Balaban J connectivity index is 1.64. The molecule has 5 rings (SSSR count). The molecule has 0 heterocycles. The van der Waals surface area contributed by atoms with Crippen LogP contribution >= 0.6 is 0 Å². The second kappa shape index (κ2) is 8.06. The van der Waals surface area contributed by atoms with E-state index in [1.165, 1.54) is 0 Å². The predicted octanol–water partition coefficient (Wildman–Crippen LogP) is 5.22. The minimum Gasteiger partial charge on any atom is -0.481 e. The van der Waals surface area contributed by atoms with Crippen molar-refractivity contribution in [2.75, 3.05) is 0 Å². The summed E-state index contributed by atoms with van der Waals surface area (Å²) in [6.07, 6.45) is 4.75. The van der Waals surface area contributed by atoms with Gasteiger partial charge in [-0.15, -0.1) is 0 Å². The van der Waals surface area contributed by atoms with Crippen molar-refractivity contribution in [1.82, 2.24) is 0 Å². The third-order valence-electron chi connectivity index (χ3n) is 13.4. The number of hydrogen-bond donors (Lipinski definition) is 4. The molecule has 5 aliphatic rings. The first kappa shape index (κ1) is 26.7. The van der Waals surface area contributed by atoms with Gasteiger partial charge in [0.1, 0.15) is 0 Å². The largest absolute Gasteiger partial charge is 0.481 e. The van der Waals surface area contributed by atoms with Crippen molar-refractivity contribution >= 4 is 17.9 Å². The maximum absolute atomic E-state index is 13.6. The van der Waals surface area contributed by atoms with Crippen LogP contribution in [0, 0.1) is 56.7 Å². The Hall–Kier alpha value is -1.89. The number of hydrogen-bond acceptors (Lipinski definition) is 4. The fourth-order valence-corrected chi connectivity index (χ4v) is 11.6. The molecule has 4 N–H and O–H groups in total. The average Bonchev–Trinajstić information content (AvgIpc) is 3.23. The maximum Gasteiger partial charge on any atom is 0.312 e. The van der Waals surface area contributed by atoms with Gasteiger partial charge >= 0.3 is 17.9 Å². The van der Waals surface area contributed by atoms with Gasteiger partial charge in [0.05, 0.1) is 22.3 Å². The second-order valence-corrected chi connectivity index (χ2v) is 14.1. The first-order valence-electron chi connectivity index (χ1n) is 14.2. The topological polar surface area (TPSA) is 132 Å². The van der Waals surface area contributed by atoms with Gasteiger partial charge in [0.25, 0.3) is 0 Å². The number of carboxylic acids is 3. The van der Waals surface area contributed by atoms with Gasteiger partial charge in [-0.05, 0) is 118 Å². The van der Waals surface area contributed by atoms with E-state index >= 15 is 0 Å². The molecule has 0 unspecified atom stereocenters. The number of aliphatic carboxylic acids is 3. The molecule has 37 heavy (non-hydrogen) atoms. The molecular weight excluding hydrogens is 472 g/mol. The molecule has 0 saturated heterocycles. The van der Waals surface area contributed by atoms with E-state index in [1.54, 1.807) is 6.92 Å².